The summed E-state index contributed by atoms with van der Waals surface area (Å²) in [4.78, 5) is 11.1. The molecule has 0 N–H and O–H groups in total. The maximum absolute atomic E-state index is 11.1. The first-order valence-electron chi connectivity index (χ1n) is 19.5. The second-order valence-electron chi connectivity index (χ2n) is 14.1. The lowest BCUT2D eigenvalue weighted by molar-refractivity contribution is -0.137. The first-order valence-corrected chi connectivity index (χ1v) is 19.5. The van der Waals surface area contributed by atoms with Crippen LogP contribution in [0.15, 0.2) is 97.6 Å². The molecule has 0 unspecified atom stereocenters. The lowest BCUT2D eigenvalue weighted by Crippen LogP contribution is -2.13. The standard InChI is InChI=1S/C46H58O5/c1-3-13-36-14-16-37(17-15-36)38-20-25-43(26-21-38)48-30-9-5-6-10-31-49-44-27-22-39(23-28-44)40-18-19-42-35-45(29-24-41(42)34-40)50-32-11-7-8-12-33-51-46(47)4-2/h4,18-29,34-37H,2-3,5-17,30-33H2,1H3. The zero-order valence-corrected chi connectivity index (χ0v) is 30.8. The Labute approximate surface area is 306 Å². The molecule has 4 aromatic carbocycles. The minimum Gasteiger partial charge on any atom is -0.494 e. The highest BCUT2D eigenvalue weighted by Gasteiger charge is 2.21. The van der Waals surface area contributed by atoms with Crippen molar-refractivity contribution in [2.24, 2.45) is 5.92 Å². The molecule has 5 nitrogen and oxygen atoms in total. The molecule has 5 heteroatoms. The van der Waals surface area contributed by atoms with Gasteiger partial charge in [0.25, 0.3) is 0 Å². The summed E-state index contributed by atoms with van der Waals surface area (Å²) in [6.45, 7) is 8.34. The first-order chi connectivity index (χ1) is 25.1. The summed E-state index contributed by atoms with van der Waals surface area (Å²) in [5.74, 6) is 4.13. The molecule has 4 aromatic rings. The zero-order valence-electron chi connectivity index (χ0n) is 30.8. The van der Waals surface area contributed by atoms with Crippen LogP contribution in [0.1, 0.15) is 108 Å². The third-order valence-corrected chi connectivity index (χ3v) is 10.2. The molecule has 0 aliphatic heterocycles. The number of benzene rings is 4. The van der Waals surface area contributed by atoms with Crippen LogP contribution in [0, 0.1) is 5.92 Å². The zero-order chi connectivity index (χ0) is 35.5. The van der Waals surface area contributed by atoms with Crippen LogP contribution in [0.3, 0.4) is 0 Å². The van der Waals surface area contributed by atoms with E-state index in [2.05, 4.69) is 92.4 Å². The number of unbranched alkanes of at least 4 members (excludes halogenated alkanes) is 6. The van der Waals surface area contributed by atoms with Gasteiger partial charge in [-0.1, -0.05) is 68.8 Å². The maximum atomic E-state index is 11.1. The number of carbonyl (C=O) groups is 1. The fourth-order valence-corrected chi connectivity index (χ4v) is 7.18. The van der Waals surface area contributed by atoms with Crippen molar-refractivity contribution < 1.29 is 23.7 Å². The van der Waals surface area contributed by atoms with Crippen molar-refractivity contribution in [2.75, 3.05) is 26.4 Å². The molecular weight excluding hydrogens is 633 g/mol. The molecule has 5 rings (SSSR count). The molecule has 51 heavy (non-hydrogen) atoms. The highest BCUT2D eigenvalue weighted by Crippen LogP contribution is 2.38. The van der Waals surface area contributed by atoms with E-state index in [9.17, 15) is 4.79 Å². The quantitative estimate of drug-likeness (QED) is 0.0467. The molecule has 0 saturated heterocycles. The molecule has 0 radical (unpaired) electrons. The Bertz CT molecular complexity index is 1600. The van der Waals surface area contributed by atoms with Gasteiger partial charge in [-0.3, -0.25) is 0 Å². The average Bonchev–Trinajstić information content (AvgIpc) is 3.17. The number of rotatable bonds is 22. The molecule has 0 bridgehead atoms. The van der Waals surface area contributed by atoms with Gasteiger partial charge in [-0.25, -0.2) is 4.79 Å². The second-order valence-corrected chi connectivity index (χ2v) is 14.1. The number of esters is 1. The lowest BCUT2D eigenvalue weighted by Gasteiger charge is -2.28. The summed E-state index contributed by atoms with van der Waals surface area (Å²) in [5, 5.41) is 2.35. The van der Waals surface area contributed by atoms with Crippen molar-refractivity contribution in [3.63, 3.8) is 0 Å². The van der Waals surface area contributed by atoms with Crippen molar-refractivity contribution in [1.29, 1.82) is 0 Å². The van der Waals surface area contributed by atoms with Gasteiger partial charge in [0, 0.05) is 6.08 Å². The number of hydrogen-bond donors (Lipinski definition) is 0. The van der Waals surface area contributed by atoms with Gasteiger partial charge < -0.3 is 18.9 Å². The second kappa shape index (κ2) is 21.2. The van der Waals surface area contributed by atoms with Crippen LogP contribution >= 0.6 is 0 Å². The van der Waals surface area contributed by atoms with Gasteiger partial charge in [0.2, 0.25) is 0 Å². The van der Waals surface area contributed by atoms with E-state index >= 15 is 0 Å². The van der Waals surface area contributed by atoms with Gasteiger partial charge >= 0.3 is 5.97 Å². The van der Waals surface area contributed by atoms with Gasteiger partial charge in [-0.2, -0.15) is 0 Å². The Morgan fingerprint density at radius 2 is 1.12 bits per heavy atom. The lowest BCUT2D eigenvalue weighted by atomic mass is 9.77. The fraction of sp³-hybridized carbons (Fsp3) is 0.457. The van der Waals surface area contributed by atoms with Gasteiger partial charge in [0.05, 0.1) is 26.4 Å². The molecule has 1 fully saturated rings. The average molecular weight is 691 g/mol. The van der Waals surface area contributed by atoms with Gasteiger partial charge in [-0.05, 0) is 159 Å². The summed E-state index contributed by atoms with van der Waals surface area (Å²) in [7, 11) is 0. The molecule has 1 aliphatic rings. The summed E-state index contributed by atoms with van der Waals surface area (Å²) < 4.78 is 23.1. The smallest absolute Gasteiger partial charge is 0.330 e. The van der Waals surface area contributed by atoms with E-state index in [1.165, 1.54) is 66.7 Å². The van der Waals surface area contributed by atoms with E-state index < -0.39 is 0 Å². The predicted octanol–water partition coefficient (Wildman–Crippen LogP) is 12.3. The topological polar surface area (TPSA) is 54.0 Å². The van der Waals surface area contributed by atoms with Crippen molar-refractivity contribution in [1.82, 2.24) is 0 Å². The van der Waals surface area contributed by atoms with Crippen LogP contribution in [0.4, 0.5) is 0 Å². The predicted molar refractivity (Wildman–Crippen MR) is 210 cm³/mol. The van der Waals surface area contributed by atoms with Gasteiger partial charge in [0.1, 0.15) is 17.2 Å². The van der Waals surface area contributed by atoms with E-state index in [1.54, 1.807) is 0 Å². The third kappa shape index (κ3) is 12.8. The summed E-state index contributed by atoms with van der Waals surface area (Å²) in [5.41, 5.74) is 3.85. The van der Waals surface area contributed by atoms with Crippen LogP contribution in [-0.4, -0.2) is 32.4 Å². The van der Waals surface area contributed by atoms with Crippen LogP contribution in [0.5, 0.6) is 17.2 Å². The van der Waals surface area contributed by atoms with Crippen molar-refractivity contribution in [3.8, 4) is 28.4 Å². The molecule has 0 heterocycles. The minimum absolute atomic E-state index is 0.356. The molecule has 272 valence electrons. The Balaban J connectivity index is 0.926. The Morgan fingerprint density at radius 1 is 0.608 bits per heavy atom. The normalized spacial score (nSPS) is 15.7. The van der Waals surface area contributed by atoms with Crippen molar-refractivity contribution >= 4 is 16.7 Å². The molecular formula is C46H58O5. The Hall–Kier alpha value is -4.25. The van der Waals surface area contributed by atoms with E-state index in [4.69, 9.17) is 18.9 Å². The Morgan fingerprint density at radius 3 is 1.73 bits per heavy atom. The van der Waals surface area contributed by atoms with Crippen molar-refractivity contribution in [3.05, 3.63) is 103 Å². The summed E-state index contributed by atoms with van der Waals surface area (Å²) in [6.07, 6.45) is 17.7. The van der Waals surface area contributed by atoms with Crippen molar-refractivity contribution in [2.45, 2.75) is 103 Å². The molecule has 1 aliphatic carbocycles. The highest BCUT2D eigenvalue weighted by molar-refractivity contribution is 5.88. The van der Waals surface area contributed by atoms with Crippen LogP contribution in [0.25, 0.3) is 21.9 Å². The summed E-state index contributed by atoms with van der Waals surface area (Å²) >= 11 is 0. The van der Waals surface area contributed by atoms with Crippen LogP contribution in [0.2, 0.25) is 0 Å². The number of carbonyl (C=O) groups excluding carboxylic acids is 1. The largest absolute Gasteiger partial charge is 0.494 e. The van der Waals surface area contributed by atoms with Gasteiger partial charge in [0.15, 0.2) is 0 Å². The number of hydrogen-bond acceptors (Lipinski definition) is 5. The van der Waals surface area contributed by atoms with E-state index in [1.807, 2.05) is 6.07 Å². The summed E-state index contributed by atoms with van der Waals surface area (Å²) in [6, 6.07) is 30.2. The number of fused-ring (bicyclic) bond motifs is 1. The van der Waals surface area contributed by atoms with E-state index in [0.29, 0.717) is 13.2 Å². The highest BCUT2D eigenvalue weighted by atomic mass is 16.5. The van der Waals surface area contributed by atoms with E-state index in [0.717, 1.165) is 99.1 Å². The molecule has 0 amide bonds. The number of ether oxygens (including phenoxy) is 4. The van der Waals surface area contributed by atoms with Crippen LogP contribution < -0.4 is 14.2 Å². The molecule has 0 spiro atoms. The molecule has 0 atom stereocenters. The van der Waals surface area contributed by atoms with E-state index in [-0.39, 0.29) is 5.97 Å². The maximum Gasteiger partial charge on any atom is 0.330 e. The first kappa shape index (κ1) is 38.0. The van der Waals surface area contributed by atoms with Crippen LogP contribution in [-0.2, 0) is 9.53 Å². The third-order valence-electron chi connectivity index (χ3n) is 10.2. The van der Waals surface area contributed by atoms with Gasteiger partial charge in [-0.15, -0.1) is 0 Å². The minimum atomic E-state index is -0.356. The monoisotopic (exact) mass is 690 g/mol. The molecule has 0 aromatic heterocycles. The fourth-order valence-electron chi connectivity index (χ4n) is 7.18. The molecule has 1 saturated carbocycles. The SMILES string of the molecule is C=CC(=O)OCCCCCCOc1ccc2cc(-c3ccc(OCCCCCCOc4ccc(C5CCC(CCC)CC5)cc4)cc3)ccc2c1. The Kier molecular flexibility index (Phi) is 15.8.